The predicted molar refractivity (Wildman–Crippen MR) is 54.9 cm³/mol. The summed E-state index contributed by atoms with van der Waals surface area (Å²) in [4.78, 5) is 4.43. The van der Waals surface area contributed by atoms with E-state index in [0.29, 0.717) is 12.0 Å². The van der Waals surface area contributed by atoms with Gasteiger partial charge in [-0.25, -0.2) is 0 Å². The lowest BCUT2D eigenvalue weighted by atomic mass is 9.95. The Balaban J connectivity index is 2.41. The van der Waals surface area contributed by atoms with Gasteiger partial charge < -0.3 is 10.5 Å². The third-order valence-corrected chi connectivity index (χ3v) is 2.61. The molecule has 13 heavy (non-hydrogen) atoms. The molecule has 2 N–H and O–H groups in total. The average molecular weight is 184 g/mol. The summed E-state index contributed by atoms with van der Waals surface area (Å²) in [6.07, 6.45) is 3.23. The molecule has 0 aromatic rings. The quantitative estimate of drug-likeness (QED) is 0.534. The van der Waals surface area contributed by atoms with Crippen LogP contribution in [0.2, 0.25) is 0 Å². The lowest BCUT2D eigenvalue weighted by Gasteiger charge is -2.25. The molecular formula is C10H20N2O. The maximum absolute atomic E-state index is 5.69. The molecule has 0 spiro atoms. The molecule has 3 heteroatoms. The van der Waals surface area contributed by atoms with Crippen molar-refractivity contribution in [1.82, 2.24) is 0 Å². The Bertz CT molecular complexity index is 174. The van der Waals surface area contributed by atoms with Crippen LogP contribution in [0.25, 0.3) is 0 Å². The van der Waals surface area contributed by atoms with Gasteiger partial charge in [-0.1, -0.05) is 6.92 Å². The van der Waals surface area contributed by atoms with Gasteiger partial charge in [0.2, 0.25) is 0 Å². The molecular weight excluding hydrogens is 164 g/mol. The van der Waals surface area contributed by atoms with Crippen molar-refractivity contribution in [3.8, 4) is 0 Å². The van der Waals surface area contributed by atoms with E-state index >= 15 is 0 Å². The van der Waals surface area contributed by atoms with E-state index in [1.165, 1.54) is 6.42 Å². The van der Waals surface area contributed by atoms with Crippen LogP contribution in [0.5, 0.6) is 0 Å². The Kier molecular flexibility index (Phi) is 4.22. The van der Waals surface area contributed by atoms with E-state index < -0.39 is 0 Å². The largest absolute Gasteiger partial charge is 0.387 e. The fourth-order valence-electron chi connectivity index (χ4n) is 1.60. The van der Waals surface area contributed by atoms with Crippen LogP contribution >= 0.6 is 0 Å². The van der Waals surface area contributed by atoms with Crippen LogP contribution in [0, 0.1) is 5.92 Å². The van der Waals surface area contributed by atoms with Crippen molar-refractivity contribution < 1.29 is 4.74 Å². The van der Waals surface area contributed by atoms with Crippen LogP contribution in [-0.2, 0) is 4.74 Å². The Hall–Kier alpha value is -0.570. The molecule has 0 saturated carbocycles. The van der Waals surface area contributed by atoms with Gasteiger partial charge in [0, 0.05) is 18.9 Å². The van der Waals surface area contributed by atoms with Gasteiger partial charge in [-0.2, -0.15) is 0 Å². The molecule has 1 rings (SSSR count). The molecule has 1 saturated heterocycles. The zero-order valence-corrected chi connectivity index (χ0v) is 8.62. The van der Waals surface area contributed by atoms with Gasteiger partial charge in [-0.05, 0) is 19.8 Å². The molecule has 0 bridgehead atoms. The second-order valence-electron chi connectivity index (χ2n) is 3.69. The number of aliphatic imine (C=N–C) groups is 1. The summed E-state index contributed by atoms with van der Waals surface area (Å²) in [5, 5.41) is 0. The topological polar surface area (TPSA) is 47.6 Å². The van der Waals surface area contributed by atoms with E-state index in [1.54, 1.807) is 0 Å². The molecule has 2 atom stereocenters. The second kappa shape index (κ2) is 5.22. The van der Waals surface area contributed by atoms with Gasteiger partial charge in [0.1, 0.15) is 0 Å². The summed E-state index contributed by atoms with van der Waals surface area (Å²) in [7, 11) is 0. The first kappa shape index (κ1) is 10.5. The Morgan fingerprint density at radius 3 is 3.00 bits per heavy atom. The molecule has 0 aromatic heterocycles. The number of nitrogens with zero attached hydrogens (tertiary/aromatic N) is 1. The minimum atomic E-state index is 0.320. The molecule has 2 unspecified atom stereocenters. The molecule has 1 heterocycles. The molecule has 76 valence electrons. The first-order chi connectivity index (χ1) is 6.24. The van der Waals surface area contributed by atoms with Crippen LogP contribution < -0.4 is 5.73 Å². The molecule has 1 aliphatic rings. The van der Waals surface area contributed by atoms with Crippen molar-refractivity contribution in [1.29, 1.82) is 0 Å². The lowest BCUT2D eigenvalue weighted by molar-refractivity contribution is 0.0475. The van der Waals surface area contributed by atoms with Gasteiger partial charge in [0.05, 0.1) is 18.5 Å². The summed E-state index contributed by atoms with van der Waals surface area (Å²) < 4.78 is 5.41. The fraction of sp³-hybridized carbons (Fsp3) is 0.900. The summed E-state index contributed by atoms with van der Waals surface area (Å²) in [6.45, 7) is 5.92. The van der Waals surface area contributed by atoms with Crippen LogP contribution in [0.1, 0.15) is 33.1 Å². The van der Waals surface area contributed by atoms with E-state index in [1.807, 2.05) is 6.92 Å². The number of rotatable bonds is 3. The summed E-state index contributed by atoms with van der Waals surface area (Å²) >= 11 is 0. The fourth-order valence-corrected chi connectivity index (χ4v) is 1.60. The highest BCUT2D eigenvalue weighted by molar-refractivity contribution is 5.80. The van der Waals surface area contributed by atoms with Crippen LogP contribution in [0.4, 0.5) is 0 Å². The molecule has 0 aliphatic carbocycles. The molecule has 0 aromatic carbocycles. The molecule has 0 amide bonds. The summed E-state index contributed by atoms with van der Waals surface area (Å²) in [6, 6.07) is 0.320. The molecule has 1 aliphatic heterocycles. The summed E-state index contributed by atoms with van der Waals surface area (Å²) in [5.74, 6) is 1.33. The number of hydrogen-bond donors (Lipinski definition) is 1. The summed E-state index contributed by atoms with van der Waals surface area (Å²) in [5.41, 5.74) is 5.69. The lowest BCUT2D eigenvalue weighted by Crippen LogP contribution is -2.27. The van der Waals surface area contributed by atoms with Crippen molar-refractivity contribution >= 4 is 5.84 Å². The predicted octanol–water partition coefficient (Wildman–Crippen LogP) is 1.57. The Morgan fingerprint density at radius 2 is 2.46 bits per heavy atom. The van der Waals surface area contributed by atoms with Crippen molar-refractivity contribution in [2.24, 2.45) is 16.6 Å². The zero-order valence-electron chi connectivity index (χ0n) is 8.62. The second-order valence-corrected chi connectivity index (χ2v) is 3.69. The standard InChI is InChI=1S/C10H20N2O/c1-3-10(11)12-8(2)9-5-4-6-13-7-9/h8-9H,3-7H2,1-2H3,(H2,11,12). The monoisotopic (exact) mass is 184 g/mol. The smallest absolute Gasteiger partial charge is 0.0937 e. The van der Waals surface area contributed by atoms with Gasteiger partial charge in [-0.15, -0.1) is 0 Å². The van der Waals surface area contributed by atoms with Crippen LogP contribution in [0.3, 0.4) is 0 Å². The van der Waals surface area contributed by atoms with Gasteiger partial charge in [0.15, 0.2) is 0 Å². The Morgan fingerprint density at radius 1 is 1.69 bits per heavy atom. The van der Waals surface area contributed by atoms with Gasteiger partial charge >= 0.3 is 0 Å². The van der Waals surface area contributed by atoms with Gasteiger partial charge in [-0.3, -0.25) is 4.99 Å². The van der Waals surface area contributed by atoms with Crippen LogP contribution in [-0.4, -0.2) is 25.1 Å². The number of nitrogens with two attached hydrogens (primary N) is 1. The van der Waals surface area contributed by atoms with E-state index in [0.717, 1.165) is 31.9 Å². The van der Waals surface area contributed by atoms with Crippen molar-refractivity contribution in [3.63, 3.8) is 0 Å². The minimum Gasteiger partial charge on any atom is -0.387 e. The minimum absolute atomic E-state index is 0.320. The number of ether oxygens (including phenoxy) is 1. The average Bonchev–Trinajstić information content (AvgIpc) is 2.19. The van der Waals surface area contributed by atoms with E-state index in [2.05, 4.69) is 11.9 Å². The highest BCUT2D eigenvalue weighted by atomic mass is 16.5. The first-order valence-electron chi connectivity index (χ1n) is 5.14. The molecule has 3 nitrogen and oxygen atoms in total. The normalized spacial score (nSPS) is 27.2. The zero-order chi connectivity index (χ0) is 9.68. The van der Waals surface area contributed by atoms with Crippen LogP contribution in [0.15, 0.2) is 4.99 Å². The maximum atomic E-state index is 5.69. The van der Waals surface area contributed by atoms with E-state index in [4.69, 9.17) is 10.5 Å². The SMILES string of the molecule is CCC(N)=NC(C)C1CCCOC1. The highest BCUT2D eigenvalue weighted by Crippen LogP contribution is 2.19. The van der Waals surface area contributed by atoms with Gasteiger partial charge in [0.25, 0.3) is 0 Å². The van der Waals surface area contributed by atoms with Crippen molar-refractivity contribution in [2.45, 2.75) is 39.2 Å². The van der Waals surface area contributed by atoms with Crippen molar-refractivity contribution in [2.75, 3.05) is 13.2 Å². The maximum Gasteiger partial charge on any atom is 0.0937 e. The Labute approximate surface area is 80.4 Å². The highest BCUT2D eigenvalue weighted by Gasteiger charge is 2.19. The molecule has 0 radical (unpaired) electrons. The van der Waals surface area contributed by atoms with E-state index in [9.17, 15) is 0 Å². The first-order valence-corrected chi connectivity index (χ1v) is 5.14. The third kappa shape index (κ3) is 3.35. The molecule has 1 fully saturated rings. The third-order valence-electron chi connectivity index (χ3n) is 2.61. The number of hydrogen-bond acceptors (Lipinski definition) is 2. The van der Waals surface area contributed by atoms with Crippen molar-refractivity contribution in [3.05, 3.63) is 0 Å². The number of amidine groups is 1. The van der Waals surface area contributed by atoms with E-state index in [-0.39, 0.29) is 0 Å².